The monoisotopic (exact) mass is 220 g/mol. The van der Waals surface area contributed by atoms with E-state index in [1.807, 2.05) is 45.0 Å². The van der Waals surface area contributed by atoms with Crippen molar-refractivity contribution in [1.82, 2.24) is 5.32 Å². The van der Waals surface area contributed by atoms with E-state index in [0.29, 0.717) is 6.54 Å². The van der Waals surface area contributed by atoms with Crippen molar-refractivity contribution in [1.29, 1.82) is 0 Å². The summed E-state index contributed by atoms with van der Waals surface area (Å²) in [6.07, 6.45) is 0. The Hall–Kier alpha value is -1.35. The molecule has 1 rings (SSSR count). The molecule has 0 aliphatic carbocycles. The molecule has 0 aromatic heterocycles. The molecule has 1 aromatic rings. The number of carbonyl (C=O) groups is 1. The zero-order valence-electron chi connectivity index (χ0n) is 10.2. The van der Waals surface area contributed by atoms with Crippen molar-refractivity contribution in [3.8, 4) is 0 Å². The Kier molecular flexibility index (Phi) is 4.50. The van der Waals surface area contributed by atoms with E-state index in [0.717, 1.165) is 5.56 Å². The van der Waals surface area contributed by atoms with E-state index in [9.17, 15) is 4.79 Å². The highest BCUT2D eigenvalue weighted by atomic mass is 16.1. The van der Waals surface area contributed by atoms with Crippen LogP contribution in [0.25, 0.3) is 0 Å². The fraction of sp³-hybridized carbons (Fsp3) is 0.462. The number of hydrogen-bond donors (Lipinski definition) is 2. The largest absolute Gasteiger partial charge is 0.349 e. The lowest BCUT2D eigenvalue weighted by molar-refractivity contribution is -0.124. The van der Waals surface area contributed by atoms with Crippen molar-refractivity contribution < 1.29 is 4.79 Å². The second kappa shape index (κ2) is 5.66. The highest BCUT2D eigenvalue weighted by Crippen LogP contribution is 2.16. The van der Waals surface area contributed by atoms with Crippen LogP contribution in [0.15, 0.2) is 24.3 Å². The van der Waals surface area contributed by atoms with Gasteiger partial charge in [0.05, 0.1) is 6.04 Å². The Morgan fingerprint density at radius 1 is 1.38 bits per heavy atom. The Morgan fingerprint density at radius 3 is 2.56 bits per heavy atom. The number of amides is 1. The molecule has 0 spiro atoms. The number of rotatable bonds is 4. The van der Waals surface area contributed by atoms with Gasteiger partial charge in [0.15, 0.2) is 0 Å². The van der Waals surface area contributed by atoms with Gasteiger partial charge < -0.3 is 11.1 Å². The summed E-state index contributed by atoms with van der Waals surface area (Å²) in [7, 11) is 0. The van der Waals surface area contributed by atoms with Gasteiger partial charge in [-0.05, 0) is 25.0 Å². The molecule has 3 nitrogen and oxygen atoms in total. The highest BCUT2D eigenvalue weighted by Gasteiger charge is 2.15. The first-order chi connectivity index (χ1) is 7.56. The summed E-state index contributed by atoms with van der Waals surface area (Å²) >= 11 is 0. The lowest BCUT2D eigenvalue weighted by Gasteiger charge is -2.18. The maximum absolute atomic E-state index is 11.7. The number of nitrogens with two attached hydrogens (primary N) is 1. The summed E-state index contributed by atoms with van der Waals surface area (Å²) in [6.45, 7) is 6.25. The maximum Gasteiger partial charge on any atom is 0.224 e. The summed E-state index contributed by atoms with van der Waals surface area (Å²) in [4.78, 5) is 11.7. The fourth-order valence-corrected chi connectivity index (χ4v) is 1.61. The lowest BCUT2D eigenvalue weighted by Crippen LogP contribution is -2.35. The molecule has 2 atom stereocenters. The van der Waals surface area contributed by atoms with Gasteiger partial charge in [0.1, 0.15) is 0 Å². The van der Waals surface area contributed by atoms with Crippen LogP contribution in [0.1, 0.15) is 31.0 Å². The fourth-order valence-electron chi connectivity index (χ4n) is 1.61. The summed E-state index contributed by atoms with van der Waals surface area (Å²) in [6, 6.07) is 8.09. The van der Waals surface area contributed by atoms with E-state index in [2.05, 4.69) is 5.32 Å². The highest BCUT2D eigenvalue weighted by molar-refractivity contribution is 5.78. The summed E-state index contributed by atoms with van der Waals surface area (Å²) in [5, 5.41) is 2.97. The van der Waals surface area contributed by atoms with Crippen LogP contribution in [0, 0.1) is 12.8 Å². The number of hydrogen-bond acceptors (Lipinski definition) is 2. The molecule has 3 heteroatoms. The quantitative estimate of drug-likeness (QED) is 0.812. The molecule has 0 saturated heterocycles. The molecule has 16 heavy (non-hydrogen) atoms. The van der Waals surface area contributed by atoms with E-state index in [-0.39, 0.29) is 17.9 Å². The topological polar surface area (TPSA) is 55.1 Å². The lowest BCUT2D eigenvalue weighted by atomic mass is 10.0. The van der Waals surface area contributed by atoms with E-state index in [1.54, 1.807) is 0 Å². The van der Waals surface area contributed by atoms with Gasteiger partial charge in [0, 0.05) is 12.5 Å². The molecular formula is C13H20N2O. The van der Waals surface area contributed by atoms with Gasteiger partial charge in [-0.1, -0.05) is 31.2 Å². The van der Waals surface area contributed by atoms with E-state index in [4.69, 9.17) is 5.73 Å². The first-order valence-corrected chi connectivity index (χ1v) is 5.62. The third-order valence-electron chi connectivity index (χ3n) is 2.81. The molecule has 0 saturated carbocycles. The summed E-state index contributed by atoms with van der Waals surface area (Å²) in [5.41, 5.74) is 7.80. The predicted octanol–water partition coefficient (Wildman–Crippen LogP) is 1.77. The van der Waals surface area contributed by atoms with Gasteiger partial charge in [-0.15, -0.1) is 0 Å². The van der Waals surface area contributed by atoms with Crippen molar-refractivity contribution in [3.63, 3.8) is 0 Å². The second-order valence-corrected chi connectivity index (χ2v) is 4.22. The molecule has 0 unspecified atom stereocenters. The molecule has 0 radical (unpaired) electrons. The predicted molar refractivity (Wildman–Crippen MR) is 66.0 cm³/mol. The first-order valence-electron chi connectivity index (χ1n) is 5.62. The smallest absolute Gasteiger partial charge is 0.224 e. The molecular weight excluding hydrogens is 200 g/mol. The molecule has 0 fully saturated rings. The van der Waals surface area contributed by atoms with Gasteiger partial charge in [0.25, 0.3) is 0 Å². The molecule has 0 aliphatic rings. The molecule has 0 bridgehead atoms. The molecule has 1 aromatic carbocycles. The second-order valence-electron chi connectivity index (χ2n) is 4.22. The number of nitrogens with one attached hydrogen (secondary N) is 1. The standard InChI is InChI=1S/C13H20N2O/c1-9-6-4-5-7-12(9)11(3)15-13(16)10(2)8-14/h4-7,10-11H,8,14H2,1-3H3,(H,15,16)/t10-,11+/m1/s1. The van der Waals surface area contributed by atoms with Crippen LogP contribution in [-0.4, -0.2) is 12.5 Å². The van der Waals surface area contributed by atoms with Crippen LogP contribution in [0.4, 0.5) is 0 Å². The van der Waals surface area contributed by atoms with E-state index in [1.165, 1.54) is 5.56 Å². The van der Waals surface area contributed by atoms with Gasteiger partial charge >= 0.3 is 0 Å². The minimum absolute atomic E-state index is 0.0123. The van der Waals surface area contributed by atoms with Crippen LogP contribution in [-0.2, 0) is 4.79 Å². The number of carbonyl (C=O) groups excluding carboxylic acids is 1. The van der Waals surface area contributed by atoms with Crippen LogP contribution < -0.4 is 11.1 Å². The normalized spacial score (nSPS) is 14.2. The third kappa shape index (κ3) is 3.07. The minimum atomic E-state index is -0.133. The minimum Gasteiger partial charge on any atom is -0.349 e. The Balaban J connectivity index is 2.69. The van der Waals surface area contributed by atoms with Crippen molar-refractivity contribution >= 4 is 5.91 Å². The van der Waals surface area contributed by atoms with Gasteiger partial charge in [0.2, 0.25) is 5.91 Å². The van der Waals surface area contributed by atoms with Crippen LogP contribution in [0.5, 0.6) is 0 Å². The van der Waals surface area contributed by atoms with Crippen LogP contribution in [0.3, 0.4) is 0 Å². The molecule has 3 N–H and O–H groups in total. The third-order valence-corrected chi connectivity index (χ3v) is 2.81. The van der Waals surface area contributed by atoms with Gasteiger partial charge in [-0.2, -0.15) is 0 Å². The zero-order valence-corrected chi connectivity index (χ0v) is 10.2. The van der Waals surface area contributed by atoms with E-state index < -0.39 is 0 Å². The van der Waals surface area contributed by atoms with E-state index >= 15 is 0 Å². The summed E-state index contributed by atoms with van der Waals surface area (Å²) in [5.74, 6) is -0.121. The van der Waals surface area contributed by atoms with Gasteiger partial charge in [-0.25, -0.2) is 0 Å². The van der Waals surface area contributed by atoms with Crippen LogP contribution >= 0.6 is 0 Å². The average molecular weight is 220 g/mol. The Morgan fingerprint density at radius 2 is 2.00 bits per heavy atom. The van der Waals surface area contributed by atoms with Crippen molar-refractivity contribution in [2.75, 3.05) is 6.54 Å². The van der Waals surface area contributed by atoms with Crippen molar-refractivity contribution in [3.05, 3.63) is 35.4 Å². The Bertz CT molecular complexity index is 363. The Labute approximate surface area is 97.0 Å². The number of benzene rings is 1. The SMILES string of the molecule is Cc1ccccc1[C@H](C)NC(=O)[C@H](C)CN. The average Bonchev–Trinajstić information content (AvgIpc) is 2.28. The number of aryl methyl sites for hydroxylation is 1. The molecule has 0 heterocycles. The van der Waals surface area contributed by atoms with Gasteiger partial charge in [-0.3, -0.25) is 4.79 Å². The van der Waals surface area contributed by atoms with Crippen molar-refractivity contribution in [2.24, 2.45) is 11.7 Å². The van der Waals surface area contributed by atoms with Crippen molar-refractivity contribution in [2.45, 2.75) is 26.8 Å². The molecule has 1 amide bonds. The van der Waals surface area contributed by atoms with Crippen LogP contribution in [0.2, 0.25) is 0 Å². The molecule has 88 valence electrons. The summed E-state index contributed by atoms with van der Waals surface area (Å²) < 4.78 is 0. The first kappa shape index (κ1) is 12.7. The molecule has 0 aliphatic heterocycles. The zero-order chi connectivity index (χ0) is 12.1. The maximum atomic E-state index is 11.7.